The maximum atomic E-state index is 12.4. The van der Waals surface area contributed by atoms with Crippen LogP contribution in [0.2, 0.25) is 0 Å². The summed E-state index contributed by atoms with van der Waals surface area (Å²) in [6.07, 6.45) is 5.39. The number of rotatable bonds is 3. The highest BCUT2D eigenvalue weighted by Crippen LogP contribution is 2.29. The van der Waals surface area contributed by atoms with Gasteiger partial charge in [-0.15, -0.1) is 11.3 Å². The Balaban J connectivity index is 1.78. The number of benzene rings is 1. The van der Waals surface area contributed by atoms with Gasteiger partial charge in [-0.2, -0.15) is 0 Å². The molecule has 1 saturated carbocycles. The van der Waals surface area contributed by atoms with E-state index in [4.69, 9.17) is 5.73 Å². The van der Waals surface area contributed by atoms with Gasteiger partial charge < -0.3 is 5.73 Å². The number of hydrogen-bond acceptors (Lipinski definition) is 4. The Bertz CT molecular complexity index is 566. The molecule has 0 atom stereocenters. The first kappa shape index (κ1) is 12.8. The van der Waals surface area contributed by atoms with E-state index < -0.39 is 5.54 Å². The molecule has 0 saturated heterocycles. The smallest absolute Gasteiger partial charge is 0.159 e. The van der Waals surface area contributed by atoms with E-state index in [9.17, 15) is 4.79 Å². The van der Waals surface area contributed by atoms with E-state index in [2.05, 4.69) is 4.98 Å². The van der Waals surface area contributed by atoms with Crippen LogP contribution in [0.4, 0.5) is 0 Å². The standard InChI is InChI=1S/C15H18N2OS/c16-15(8-4-1-5-9-15)13(18)10-14-17-11-6-2-3-7-12(11)19-14/h2-3,6-7H,1,4-5,8-10,16H2. The minimum atomic E-state index is -0.601. The van der Waals surface area contributed by atoms with Gasteiger partial charge >= 0.3 is 0 Å². The molecule has 0 spiro atoms. The van der Waals surface area contributed by atoms with E-state index >= 15 is 0 Å². The van der Waals surface area contributed by atoms with Crippen LogP contribution in [0, 0.1) is 0 Å². The van der Waals surface area contributed by atoms with Crippen molar-refractivity contribution in [1.29, 1.82) is 0 Å². The third kappa shape index (κ3) is 2.55. The summed E-state index contributed by atoms with van der Waals surface area (Å²) in [7, 11) is 0. The number of nitrogens with zero attached hydrogens (tertiary/aromatic N) is 1. The summed E-state index contributed by atoms with van der Waals surface area (Å²) in [5, 5.41) is 0.890. The molecule has 1 fully saturated rings. The number of thiazole rings is 1. The lowest BCUT2D eigenvalue weighted by Crippen LogP contribution is -2.50. The summed E-state index contributed by atoms with van der Waals surface area (Å²) < 4.78 is 1.14. The third-order valence-corrected chi connectivity index (χ3v) is 4.99. The summed E-state index contributed by atoms with van der Waals surface area (Å²) >= 11 is 1.60. The molecule has 3 nitrogen and oxygen atoms in total. The summed E-state index contributed by atoms with van der Waals surface area (Å²) in [5.41, 5.74) is 6.65. The maximum absolute atomic E-state index is 12.4. The van der Waals surface area contributed by atoms with Crippen molar-refractivity contribution < 1.29 is 4.79 Å². The summed E-state index contributed by atoms with van der Waals surface area (Å²) in [5.74, 6) is 0.159. The molecule has 0 bridgehead atoms. The number of carbonyl (C=O) groups is 1. The van der Waals surface area contributed by atoms with Crippen LogP contribution in [0.15, 0.2) is 24.3 Å². The number of hydrogen-bond donors (Lipinski definition) is 1. The molecular weight excluding hydrogens is 256 g/mol. The second-order valence-electron chi connectivity index (χ2n) is 5.39. The van der Waals surface area contributed by atoms with Crippen LogP contribution in [0.3, 0.4) is 0 Å². The molecule has 0 unspecified atom stereocenters. The Labute approximate surface area is 116 Å². The van der Waals surface area contributed by atoms with E-state index in [1.54, 1.807) is 11.3 Å². The van der Waals surface area contributed by atoms with Crippen molar-refractivity contribution in [2.24, 2.45) is 5.73 Å². The van der Waals surface area contributed by atoms with Gasteiger partial charge in [0.05, 0.1) is 22.2 Å². The topological polar surface area (TPSA) is 56.0 Å². The fourth-order valence-corrected chi connectivity index (χ4v) is 3.74. The first-order valence-electron chi connectivity index (χ1n) is 6.84. The largest absolute Gasteiger partial charge is 0.319 e. The molecule has 0 amide bonds. The quantitative estimate of drug-likeness (QED) is 0.935. The van der Waals surface area contributed by atoms with Crippen LogP contribution in [0.5, 0.6) is 0 Å². The van der Waals surface area contributed by atoms with E-state index in [1.807, 2.05) is 24.3 Å². The molecule has 1 aromatic carbocycles. The molecule has 1 aliphatic rings. The van der Waals surface area contributed by atoms with Crippen LogP contribution in [0.25, 0.3) is 10.2 Å². The Morgan fingerprint density at radius 3 is 2.74 bits per heavy atom. The Morgan fingerprint density at radius 1 is 1.26 bits per heavy atom. The molecule has 2 N–H and O–H groups in total. The van der Waals surface area contributed by atoms with Gasteiger partial charge in [-0.05, 0) is 25.0 Å². The van der Waals surface area contributed by atoms with Gasteiger partial charge in [-0.3, -0.25) is 4.79 Å². The lowest BCUT2D eigenvalue weighted by Gasteiger charge is -2.31. The van der Waals surface area contributed by atoms with Crippen LogP contribution < -0.4 is 5.73 Å². The fraction of sp³-hybridized carbons (Fsp3) is 0.467. The molecule has 4 heteroatoms. The molecule has 1 heterocycles. The number of Topliss-reactive ketones (excluding diaryl/α,β-unsaturated/α-hetero) is 1. The molecule has 0 aliphatic heterocycles. The van der Waals surface area contributed by atoms with Gasteiger partial charge in [-0.25, -0.2) is 4.98 Å². The number of aromatic nitrogens is 1. The van der Waals surface area contributed by atoms with Gasteiger partial charge in [0.2, 0.25) is 0 Å². The van der Waals surface area contributed by atoms with Gasteiger partial charge in [-0.1, -0.05) is 31.4 Å². The number of carbonyl (C=O) groups excluding carboxylic acids is 1. The van der Waals surface area contributed by atoms with Crippen molar-refractivity contribution in [2.75, 3.05) is 0 Å². The van der Waals surface area contributed by atoms with Gasteiger partial charge in [0.1, 0.15) is 5.01 Å². The molecule has 1 aliphatic carbocycles. The normalized spacial score (nSPS) is 18.6. The number of fused-ring (bicyclic) bond motifs is 1. The van der Waals surface area contributed by atoms with Crippen LogP contribution in [0.1, 0.15) is 37.1 Å². The van der Waals surface area contributed by atoms with Crippen molar-refractivity contribution in [3.8, 4) is 0 Å². The van der Waals surface area contributed by atoms with Crippen molar-refractivity contribution in [3.63, 3.8) is 0 Å². The zero-order valence-corrected chi connectivity index (χ0v) is 11.7. The average molecular weight is 274 g/mol. The first-order chi connectivity index (χ1) is 9.17. The van der Waals surface area contributed by atoms with Gasteiger partial charge in [0.25, 0.3) is 0 Å². The highest BCUT2D eigenvalue weighted by atomic mass is 32.1. The molecular formula is C15H18N2OS. The minimum absolute atomic E-state index is 0.159. The number of nitrogens with two attached hydrogens (primary N) is 1. The highest BCUT2D eigenvalue weighted by Gasteiger charge is 2.35. The van der Waals surface area contributed by atoms with Crippen molar-refractivity contribution in [1.82, 2.24) is 4.98 Å². The zero-order chi connectivity index (χ0) is 13.3. The molecule has 0 radical (unpaired) electrons. The minimum Gasteiger partial charge on any atom is -0.319 e. The lowest BCUT2D eigenvalue weighted by atomic mass is 9.78. The Morgan fingerprint density at radius 2 is 2.00 bits per heavy atom. The summed E-state index contributed by atoms with van der Waals surface area (Å²) in [4.78, 5) is 16.9. The molecule has 19 heavy (non-hydrogen) atoms. The van der Waals surface area contributed by atoms with Gasteiger partial charge in [0, 0.05) is 0 Å². The first-order valence-corrected chi connectivity index (χ1v) is 7.66. The van der Waals surface area contributed by atoms with Crippen molar-refractivity contribution in [2.45, 2.75) is 44.1 Å². The number of ketones is 1. The Hall–Kier alpha value is -1.26. The average Bonchev–Trinajstić information content (AvgIpc) is 2.81. The zero-order valence-electron chi connectivity index (χ0n) is 10.9. The fourth-order valence-electron chi connectivity index (χ4n) is 2.77. The van der Waals surface area contributed by atoms with E-state index in [0.717, 1.165) is 40.9 Å². The summed E-state index contributed by atoms with van der Waals surface area (Å²) in [6, 6.07) is 8.00. The number of para-hydroxylation sites is 1. The molecule has 100 valence electrons. The Kier molecular flexibility index (Phi) is 3.37. The highest BCUT2D eigenvalue weighted by molar-refractivity contribution is 7.18. The van der Waals surface area contributed by atoms with Gasteiger partial charge in [0.15, 0.2) is 5.78 Å². The summed E-state index contributed by atoms with van der Waals surface area (Å²) in [6.45, 7) is 0. The molecule has 1 aromatic heterocycles. The molecule has 2 aromatic rings. The third-order valence-electron chi connectivity index (χ3n) is 3.95. The predicted molar refractivity (Wildman–Crippen MR) is 78.3 cm³/mol. The predicted octanol–water partition coefficient (Wildman–Crippen LogP) is 3.07. The monoisotopic (exact) mass is 274 g/mol. The van der Waals surface area contributed by atoms with E-state index in [-0.39, 0.29) is 5.78 Å². The maximum Gasteiger partial charge on any atom is 0.159 e. The van der Waals surface area contributed by atoms with Crippen LogP contribution in [-0.4, -0.2) is 16.3 Å². The second kappa shape index (κ2) is 5.02. The second-order valence-corrected chi connectivity index (χ2v) is 6.51. The lowest BCUT2D eigenvalue weighted by molar-refractivity contribution is -0.124. The van der Waals surface area contributed by atoms with Crippen LogP contribution >= 0.6 is 11.3 Å². The van der Waals surface area contributed by atoms with Crippen LogP contribution in [-0.2, 0) is 11.2 Å². The van der Waals surface area contributed by atoms with E-state index in [0.29, 0.717) is 6.42 Å². The molecule has 3 rings (SSSR count). The van der Waals surface area contributed by atoms with E-state index in [1.165, 1.54) is 6.42 Å². The van der Waals surface area contributed by atoms with Crippen molar-refractivity contribution in [3.05, 3.63) is 29.3 Å². The SMILES string of the molecule is NC1(C(=O)Cc2nc3ccccc3s2)CCCCC1. The van der Waals surface area contributed by atoms with Crippen molar-refractivity contribution >= 4 is 27.3 Å².